The van der Waals surface area contributed by atoms with Gasteiger partial charge in [0.2, 0.25) is 0 Å². The van der Waals surface area contributed by atoms with E-state index in [1.807, 2.05) is 0 Å². The number of benzene rings is 2. The van der Waals surface area contributed by atoms with E-state index in [-0.39, 0.29) is 0 Å². The van der Waals surface area contributed by atoms with Gasteiger partial charge in [0, 0.05) is 0 Å². The highest BCUT2D eigenvalue weighted by Gasteiger charge is 1.98. The second-order valence-electron chi connectivity index (χ2n) is 4.58. The third kappa shape index (κ3) is 2.52. The topological polar surface area (TPSA) is 0 Å². The Bertz CT molecular complexity index is 495. The van der Waals surface area contributed by atoms with E-state index >= 15 is 0 Å². The van der Waals surface area contributed by atoms with Gasteiger partial charge >= 0.3 is 0 Å². The van der Waals surface area contributed by atoms with Crippen LogP contribution in [-0.4, -0.2) is 0 Å². The molecule has 0 bridgehead atoms. The van der Waals surface area contributed by atoms with Gasteiger partial charge in [0.1, 0.15) is 0 Å². The number of hydrogen-bond acceptors (Lipinski definition) is 0. The van der Waals surface area contributed by atoms with Crippen molar-refractivity contribution in [1.82, 2.24) is 0 Å². The second kappa shape index (κ2) is 4.52. The monoisotopic (exact) mass is 210 g/mol. The fraction of sp³-hybridized carbons (Fsp3) is 0.250. The Morgan fingerprint density at radius 3 is 2.19 bits per heavy atom. The Morgan fingerprint density at radius 2 is 1.50 bits per heavy atom. The van der Waals surface area contributed by atoms with Crippen molar-refractivity contribution in [2.24, 2.45) is 0 Å². The summed E-state index contributed by atoms with van der Waals surface area (Å²) in [6.45, 7) is 6.48. The predicted octanol–water partition coefficient (Wildman–Crippen LogP) is 4.20. The first-order chi connectivity index (χ1) is 7.65. The summed E-state index contributed by atoms with van der Waals surface area (Å²) >= 11 is 0. The maximum absolute atomic E-state index is 2.29. The quantitative estimate of drug-likeness (QED) is 0.696. The average molecular weight is 210 g/mol. The molecule has 82 valence electrons. The lowest BCUT2D eigenvalue weighted by atomic mass is 10.00. The van der Waals surface area contributed by atoms with Gasteiger partial charge in [-0.15, -0.1) is 0 Å². The maximum Gasteiger partial charge on any atom is -0.00256 e. The summed E-state index contributed by atoms with van der Waals surface area (Å²) in [5.74, 6) is 0. The summed E-state index contributed by atoms with van der Waals surface area (Å²) in [5, 5.41) is 0. The van der Waals surface area contributed by atoms with Crippen molar-refractivity contribution < 1.29 is 0 Å². The van der Waals surface area contributed by atoms with Crippen molar-refractivity contribution >= 4 is 0 Å². The maximum atomic E-state index is 2.29. The zero-order chi connectivity index (χ0) is 11.5. The second-order valence-corrected chi connectivity index (χ2v) is 4.58. The molecule has 0 fully saturated rings. The molecule has 16 heavy (non-hydrogen) atoms. The standard InChI is InChI=1S/C16H18/c1-12-5-4-6-15(9-12)11-16-8-7-13(2)14(3)10-16/h4-10H,11H2,1-3H3. The molecule has 0 aliphatic carbocycles. The van der Waals surface area contributed by atoms with Gasteiger partial charge in [0.25, 0.3) is 0 Å². The molecule has 2 rings (SSSR count). The average Bonchev–Trinajstić information content (AvgIpc) is 2.24. The van der Waals surface area contributed by atoms with Crippen LogP contribution in [0.5, 0.6) is 0 Å². The van der Waals surface area contributed by atoms with Crippen molar-refractivity contribution in [2.45, 2.75) is 27.2 Å². The highest BCUT2D eigenvalue weighted by Crippen LogP contribution is 2.14. The molecule has 0 radical (unpaired) electrons. The molecule has 0 saturated heterocycles. The first-order valence-corrected chi connectivity index (χ1v) is 5.77. The zero-order valence-electron chi connectivity index (χ0n) is 10.2. The first-order valence-electron chi connectivity index (χ1n) is 5.77. The van der Waals surface area contributed by atoms with Gasteiger partial charge in [-0.1, -0.05) is 48.0 Å². The summed E-state index contributed by atoms with van der Waals surface area (Å²) in [5.41, 5.74) is 6.87. The predicted molar refractivity (Wildman–Crippen MR) is 69.9 cm³/mol. The van der Waals surface area contributed by atoms with Gasteiger partial charge in [-0.05, 0) is 49.4 Å². The Kier molecular flexibility index (Phi) is 3.09. The van der Waals surface area contributed by atoms with Crippen LogP contribution in [-0.2, 0) is 6.42 Å². The minimum atomic E-state index is 1.03. The molecule has 2 aromatic carbocycles. The molecule has 0 spiro atoms. The molecule has 0 N–H and O–H groups in total. The van der Waals surface area contributed by atoms with Gasteiger partial charge in [-0.25, -0.2) is 0 Å². The lowest BCUT2D eigenvalue weighted by Crippen LogP contribution is -1.91. The van der Waals surface area contributed by atoms with Crippen LogP contribution in [0.4, 0.5) is 0 Å². The van der Waals surface area contributed by atoms with Crippen LogP contribution < -0.4 is 0 Å². The molecular formula is C16H18. The van der Waals surface area contributed by atoms with Crippen molar-refractivity contribution in [1.29, 1.82) is 0 Å². The van der Waals surface area contributed by atoms with Crippen LogP contribution in [0.1, 0.15) is 27.8 Å². The van der Waals surface area contributed by atoms with Gasteiger partial charge in [0.05, 0.1) is 0 Å². The Morgan fingerprint density at radius 1 is 0.750 bits per heavy atom. The van der Waals surface area contributed by atoms with Gasteiger partial charge in [-0.3, -0.25) is 0 Å². The van der Waals surface area contributed by atoms with Crippen LogP contribution in [0.2, 0.25) is 0 Å². The van der Waals surface area contributed by atoms with Gasteiger partial charge < -0.3 is 0 Å². The van der Waals surface area contributed by atoms with Crippen molar-refractivity contribution in [3.8, 4) is 0 Å². The van der Waals surface area contributed by atoms with E-state index in [4.69, 9.17) is 0 Å². The molecule has 0 saturated carbocycles. The van der Waals surface area contributed by atoms with E-state index in [9.17, 15) is 0 Å². The number of rotatable bonds is 2. The van der Waals surface area contributed by atoms with Gasteiger partial charge in [0.15, 0.2) is 0 Å². The Labute approximate surface area is 97.9 Å². The van der Waals surface area contributed by atoms with Crippen LogP contribution in [0.3, 0.4) is 0 Å². The Balaban J connectivity index is 2.24. The summed E-state index contributed by atoms with van der Waals surface area (Å²) in [4.78, 5) is 0. The van der Waals surface area contributed by atoms with E-state index in [1.165, 1.54) is 27.8 Å². The van der Waals surface area contributed by atoms with E-state index in [1.54, 1.807) is 0 Å². The van der Waals surface area contributed by atoms with Crippen LogP contribution in [0.25, 0.3) is 0 Å². The zero-order valence-corrected chi connectivity index (χ0v) is 10.2. The minimum Gasteiger partial charge on any atom is -0.0617 e. The van der Waals surface area contributed by atoms with Crippen LogP contribution in [0.15, 0.2) is 42.5 Å². The number of aryl methyl sites for hydroxylation is 3. The van der Waals surface area contributed by atoms with Crippen LogP contribution in [0, 0.1) is 20.8 Å². The van der Waals surface area contributed by atoms with E-state index in [0.717, 1.165) is 6.42 Å². The molecule has 0 heteroatoms. The largest absolute Gasteiger partial charge is 0.0617 e. The fourth-order valence-electron chi connectivity index (χ4n) is 1.97. The first kappa shape index (κ1) is 10.9. The smallest absolute Gasteiger partial charge is 0.00256 e. The lowest BCUT2D eigenvalue weighted by molar-refractivity contribution is 1.16. The molecule has 0 amide bonds. The Hall–Kier alpha value is -1.56. The van der Waals surface area contributed by atoms with Crippen LogP contribution >= 0.6 is 0 Å². The summed E-state index contributed by atoms with van der Waals surface area (Å²) in [7, 11) is 0. The fourth-order valence-corrected chi connectivity index (χ4v) is 1.97. The highest BCUT2D eigenvalue weighted by atomic mass is 14.0. The molecule has 0 heterocycles. The molecule has 0 aliphatic rings. The summed E-state index contributed by atoms with van der Waals surface area (Å²) in [6.07, 6.45) is 1.03. The molecular weight excluding hydrogens is 192 g/mol. The van der Waals surface area contributed by atoms with Crippen molar-refractivity contribution in [2.75, 3.05) is 0 Å². The normalized spacial score (nSPS) is 10.4. The summed E-state index contributed by atoms with van der Waals surface area (Å²) < 4.78 is 0. The molecule has 0 nitrogen and oxygen atoms in total. The van der Waals surface area contributed by atoms with Crippen molar-refractivity contribution in [3.63, 3.8) is 0 Å². The van der Waals surface area contributed by atoms with Gasteiger partial charge in [-0.2, -0.15) is 0 Å². The molecule has 0 atom stereocenters. The van der Waals surface area contributed by atoms with Crippen molar-refractivity contribution in [3.05, 3.63) is 70.3 Å². The number of hydrogen-bond donors (Lipinski definition) is 0. The van der Waals surface area contributed by atoms with E-state index in [0.29, 0.717) is 0 Å². The molecule has 0 unspecified atom stereocenters. The lowest BCUT2D eigenvalue weighted by Gasteiger charge is -2.06. The SMILES string of the molecule is Cc1cccc(Cc2ccc(C)c(C)c2)c1. The molecule has 0 aromatic heterocycles. The minimum absolute atomic E-state index is 1.03. The summed E-state index contributed by atoms with van der Waals surface area (Å²) in [6, 6.07) is 15.5. The third-order valence-electron chi connectivity index (χ3n) is 3.06. The van der Waals surface area contributed by atoms with E-state index < -0.39 is 0 Å². The molecule has 2 aromatic rings. The third-order valence-corrected chi connectivity index (χ3v) is 3.06. The molecule has 0 aliphatic heterocycles. The highest BCUT2D eigenvalue weighted by molar-refractivity contribution is 5.34. The van der Waals surface area contributed by atoms with E-state index in [2.05, 4.69) is 63.2 Å².